The molecule has 0 heterocycles. The summed E-state index contributed by atoms with van der Waals surface area (Å²) >= 11 is 0. The fraction of sp³-hybridized carbons (Fsp3) is 0.765. The normalized spacial score (nSPS) is 17.3. The van der Waals surface area contributed by atoms with Crippen LogP contribution in [0.5, 0.6) is 0 Å². The molecule has 0 N–H and O–H groups in total. The molecular weight excluding hydrogens is 292 g/mol. The van der Waals surface area contributed by atoms with Gasteiger partial charge in [-0.15, -0.1) is 0 Å². The van der Waals surface area contributed by atoms with Crippen LogP contribution in [0.2, 0.25) is 39.3 Å². The number of hydrogen-bond acceptors (Lipinski definition) is 2. The summed E-state index contributed by atoms with van der Waals surface area (Å²) in [5.74, 6) is 3.21. The Morgan fingerprint density at radius 1 is 0.762 bits per heavy atom. The molecule has 0 spiro atoms. The lowest BCUT2D eigenvalue weighted by molar-refractivity contribution is 0.345. The van der Waals surface area contributed by atoms with Crippen LogP contribution < -0.4 is 0 Å². The summed E-state index contributed by atoms with van der Waals surface area (Å²) in [6.07, 6.45) is 0.940. The van der Waals surface area contributed by atoms with Crippen molar-refractivity contribution in [2.45, 2.75) is 73.4 Å². The largest absolute Gasteiger partial charge is 0.544 e. The lowest BCUT2D eigenvalue weighted by Gasteiger charge is -2.27. The van der Waals surface area contributed by atoms with Gasteiger partial charge in [-0.05, 0) is 56.7 Å². The predicted octanol–water partition coefficient (Wildman–Crippen LogP) is 5.91. The summed E-state index contributed by atoms with van der Waals surface area (Å²) in [5.41, 5.74) is 2.91. The highest BCUT2D eigenvalue weighted by Gasteiger charge is 2.35. The van der Waals surface area contributed by atoms with Crippen molar-refractivity contribution in [3.8, 4) is 0 Å². The SMILES string of the molecule is CC(C)C1=C(C(C)C)C(O[Si](C)(C)C)=C(O[Si](C)(C)C)C1. The van der Waals surface area contributed by atoms with E-state index >= 15 is 0 Å². The van der Waals surface area contributed by atoms with Gasteiger partial charge in [-0.2, -0.15) is 0 Å². The van der Waals surface area contributed by atoms with Crippen molar-refractivity contribution in [3.63, 3.8) is 0 Å². The standard InChI is InChI=1S/C17H34O2Si2/c1-12(2)14-11-15(18-20(5,6)7)17(16(14)13(3)4)19-21(8,9)10/h12-13H,11H2,1-10H3. The second-order valence-electron chi connectivity index (χ2n) is 8.61. The monoisotopic (exact) mass is 326 g/mol. The molecule has 0 aromatic carbocycles. The molecule has 0 radical (unpaired) electrons. The van der Waals surface area contributed by atoms with Crippen molar-refractivity contribution in [1.29, 1.82) is 0 Å². The van der Waals surface area contributed by atoms with E-state index in [4.69, 9.17) is 8.85 Å². The van der Waals surface area contributed by atoms with Crippen LogP contribution in [-0.4, -0.2) is 16.6 Å². The van der Waals surface area contributed by atoms with Crippen LogP contribution in [0, 0.1) is 11.8 Å². The van der Waals surface area contributed by atoms with Gasteiger partial charge in [0, 0.05) is 6.42 Å². The van der Waals surface area contributed by atoms with E-state index in [1.807, 2.05) is 0 Å². The van der Waals surface area contributed by atoms with Gasteiger partial charge < -0.3 is 8.85 Å². The Morgan fingerprint density at radius 3 is 1.57 bits per heavy atom. The molecular formula is C17H34O2Si2. The Morgan fingerprint density at radius 2 is 1.24 bits per heavy atom. The number of hydrogen-bond donors (Lipinski definition) is 0. The first kappa shape index (κ1) is 18.6. The van der Waals surface area contributed by atoms with Gasteiger partial charge in [0.1, 0.15) is 11.5 Å². The average molecular weight is 327 g/mol. The Labute approximate surface area is 133 Å². The van der Waals surface area contributed by atoms with Crippen molar-refractivity contribution in [2.24, 2.45) is 11.8 Å². The Bertz CT molecular complexity index is 446. The zero-order valence-corrected chi connectivity index (χ0v) is 17.7. The summed E-state index contributed by atoms with van der Waals surface area (Å²) in [4.78, 5) is 0. The highest BCUT2D eigenvalue weighted by atomic mass is 28.4. The summed E-state index contributed by atoms with van der Waals surface area (Å²) < 4.78 is 12.9. The van der Waals surface area contributed by atoms with Crippen LogP contribution in [0.4, 0.5) is 0 Å². The molecule has 0 aliphatic heterocycles. The third-order valence-corrected chi connectivity index (χ3v) is 4.98. The lowest BCUT2D eigenvalue weighted by atomic mass is 9.92. The topological polar surface area (TPSA) is 18.5 Å². The minimum atomic E-state index is -1.65. The Kier molecular flexibility index (Phi) is 5.59. The molecule has 4 heteroatoms. The molecule has 0 amide bonds. The summed E-state index contributed by atoms with van der Waals surface area (Å²) in [6.45, 7) is 22.6. The first-order valence-electron chi connectivity index (χ1n) is 8.16. The number of allylic oxidation sites excluding steroid dienone is 2. The second kappa shape index (κ2) is 6.33. The molecule has 0 aromatic rings. The van der Waals surface area contributed by atoms with Gasteiger partial charge in [0.25, 0.3) is 0 Å². The first-order chi connectivity index (χ1) is 9.32. The quantitative estimate of drug-likeness (QED) is 0.565. The zero-order chi connectivity index (χ0) is 16.6. The van der Waals surface area contributed by atoms with Gasteiger partial charge in [-0.3, -0.25) is 0 Å². The molecule has 21 heavy (non-hydrogen) atoms. The summed E-state index contributed by atoms with van der Waals surface area (Å²) in [7, 11) is -3.27. The van der Waals surface area contributed by atoms with Gasteiger partial charge in [-0.25, -0.2) is 0 Å². The minimum absolute atomic E-state index is 0.483. The molecule has 2 nitrogen and oxygen atoms in total. The Balaban J connectivity index is 3.29. The van der Waals surface area contributed by atoms with Gasteiger partial charge in [0.15, 0.2) is 0 Å². The van der Waals surface area contributed by atoms with Gasteiger partial charge in [0.2, 0.25) is 16.6 Å². The van der Waals surface area contributed by atoms with E-state index in [-0.39, 0.29) is 0 Å². The molecule has 0 aromatic heterocycles. The van der Waals surface area contributed by atoms with E-state index in [0.29, 0.717) is 11.8 Å². The lowest BCUT2D eigenvalue weighted by Crippen LogP contribution is -2.29. The summed E-state index contributed by atoms with van der Waals surface area (Å²) in [6, 6.07) is 0. The van der Waals surface area contributed by atoms with Crippen molar-refractivity contribution in [2.75, 3.05) is 0 Å². The van der Waals surface area contributed by atoms with E-state index < -0.39 is 16.6 Å². The average Bonchev–Trinajstić information content (AvgIpc) is 2.52. The fourth-order valence-electron chi connectivity index (χ4n) is 2.66. The molecule has 0 bridgehead atoms. The maximum Gasteiger partial charge on any atom is 0.242 e. The van der Waals surface area contributed by atoms with E-state index in [1.54, 1.807) is 0 Å². The molecule has 0 fully saturated rings. The second-order valence-corrected chi connectivity index (χ2v) is 17.5. The first-order valence-corrected chi connectivity index (χ1v) is 15.0. The fourth-order valence-corrected chi connectivity index (χ4v) is 4.40. The van der Waals surface area contributed by atoms with Crippen LogP contribution in [0.1, 0.15) is 34.1 Å². The maximum atomic E-state index is 6.47. The molecule has 1 aliphatic rings. The third-order valence-electron chi connectivity index (χ3n) is 3.31. The molecule has 0 atom stereocenters. The molecule has 0 saturated heterocycles. The van der Waals surface area contributed by atoms with Gasteiger partial charge in [0.05, 0.1) is 0 Å². The van der Waals surface area contributed by atoms with Crippen LogP contribution in [-0.2, 0) is 8.85 Å². The van der Waals surface area contributed by atoms with E-state index in [0.717, 1.165) is 17.9 Å². The highest BCUT2D eigenvalue weighted by Crippen LogP contribution is 2.43. The zero-order valence-electron chi connectivity index (χ0n) is 15.7. The molecule has 122 valence electrons. The van der Waals surface area contributed by atoms with Crippen molar-refractivity contribution in [1.82, 2.24) is 0 Å². The smallest absolute Gasteiger partial charge is 0.242 e. The van der Waals surface area contributed by atoms with Crippen LogP contribution in [0.15, 0.2) is 22.7 Å². The highest BCUT2D eigenvalue weighted by molar-refractivity contribution is 6.70. The van der Waals surface area contributed by atoms with Crippen LogP contribution >= 0.6 is 0 Å². The molecule has 0 saturated carbocycles. The van der Waals surface area contributed by atoms with Gasteiger partial charge >= 0.3 is 0 Å². The molecule has 0 unspecified atom stereocenters. The minimum Gasteiger partial charge on any atom is -0.544 e. The van der Waals surface area contributed by atoms with Crippen molar-refractivity contribution >= 4 is 16.6 Å². The summed E-state index contributed by atoms with van der Waals surface area (Å²) in [5, 5.41) is 0. The Hall–Kier alpha value is -0.486. The predicted molar refractivity (Wildman–Crippen MR) is 97.2 cm³/mol. The van der Waals surface area contributed by atoms with Crippen LogP contribution in [0.3, 0.4) is 0 Å². The third kappa shape index (κ3) is 5.33. The molecule has 1 aliphatic carbocycles. The van der Waals surface area contributed by atoms with Crippen molar-refractivity contribution < 1.29 is 8.85 Å². The van der Waals surface area contributed by atoms with Gasteiger partial charge in [-0.1, -0.05) is 33.3 Å². The maximum absolute atomic E-state index is 6.47. The molecule has 1 rings (SSSR count). The van der Waals surface area contributed by atoms with E-state index in [2.05, 4.69) is 67.0 Å². The van der Waals surface area contributed by atoms with Crippen molar-refractivity contribution in [3.05, 3.63) is 22.7 Å². The van der Waals surface area contributed by atoms with Crippen LogP contribution in [0.25, 0.3) is 0 Å². The van der Waals surface area contributed by atoms with E-state index in [9.17, 15) is 0 Å². The van der Waals surface area contributed by atoms with E-state index in [1.165, 1.54) is 11.1 Å². The number of rotatable bonds is 6.